The summed E-state index contributed by atoms with van der Waals surface area (Å²) in [5, 5.41) is 6.59. The van der Waals surface area contributed by atoms with Crippen molar-refractivity contribution in [3.8, 4) is 0 Å². The van der Waals surface area contributed by atoms with Crippen molar-refractivity contribution in [1.82, 2.24) is 15.5 Å². The molecule has 1 fully saturated rings. The second-order valence-electron chi connectivity index (χ2n) is 6.98. The molecule has 25 heavy (non-hydrogen) atoms. The minimum atomic E-state index is -0.250. The predicted molar refractivity (Wildman–Crippen MR) is 100 cm³/mol. The van der Waals surface area contributed by atoms with Crippen molar-refractivity contribution in [1.29, 1.82) is 0 Å². The molecule has 0 atom stereocenters. The van der Waals surface area contributed by atoms with Crippen LogP contribution in [0.15, 0.2) is 29.3 Å². The molecule has 138 valence electrons. The van der Waals surface area contributed by atoms with Crippen molar-refractivity contribution < 1.29 is 9.53 Å². The Morgan fingerprint density at radius 1 is 1.32 bits per heavy atom. The normalized spacial score (nSPS) is 15.6. The Morgan fingerprint density at radius 2 is 2.08 bits per heavy atom. The summed E-state index contributed by atoms with van der Waals surface area (Å²) in [5.74, 6) is 0.999. The predicted octanol–water partition coefficient (Wildman–Crippen LogP) is 1.90. The van der Waals surface area contributed by atoms with E-state index in [2.05, 4.69) is 33.8 Å². The van der Waals surface area contributed by atoms with Gasteiger partial charge in [0.05, 0.1) is 5.60 Å². The van der Waals surface area contributed by atoms with E-state index in [9.17, 15) is 4.79 Å². The second-order valence-corrected chi connectivity index (χ2v) is 6.98. The first-order chi connectivity index (χ1) is 11.9. The fraction of sp³-hybridized carbons (Fsp3) is 0.579. The number of hydrogen-bond donors (Lipinski definition) is 2. The van der Waals surface area contributed by atoms with Crippen LogP contribution in [0, 0.1) is 0 Å². The minimum Gasteiger partial charge on any atom is -0.377 e. The van der Waals surface area contributed by atoms with Crippen LogP contribution < -0.4 is 10.6 Å². The standard InChI is InChI=1S/C19H30N4O2/c1-19(2,25-4)14-22-18(20-3)21-12-15-7-5-8-16(11-15)13-23-10-6-9-17(23)24/h5,7-8,11H,6,9-10,12-14H2,1-4H3,(H2,20,21,22). The maximum absolute atomic E-state index is 11.8. The second kappa shape index (κ2) is 8.85. The third-order valence-corrected chi connectivity index (χ3v) is 4.45. The smallest absolute Gasteiger partial charge is 0.222 e. The van der Waals surface area contributed by atoms with Crippen LogP contribution in [0.2, 0.25) is 0 Å². The van der Waals surface area contributed by atoms with Crippen LogP contribution in [0.5, 0.6) is 0 Å². The highest BCUT2D eigenvalue weighted by atomic mass is 16.5. The molecule has 6 heteroatoms. The quantitative estimate of drug-likeness (QED) is 0.585. The van der Waals surface area contributed by atoms with Crippen molar-refractivity contribution >= 4 is 11.9 Å². The number of amides is 1. The van der Waals surface area contributed by atoms with Crippen LogP contribution in [-0.4, -0.2) is 49.6 Å². The highest BCUT2D eigenvalue weighted by molar-refractivity contribution is 5.79. The van der Waals surface area contributed by atoms with E-state index >= 15 is 0 Å². The van der Waals surface area contributed by atoms with E-state index in [0.717, 1.165) is 30.1 Å². The van der Waals surface area contributed by atoms with Gasteiger partial charge in [-0.1, -0.05) is 24.3 Å². The topological polar surface area (TPSA) is 66.0 Å². The molecule has 0 bridgehead atoms. The minimum absolute atomic E-state index is 0.250. The number of ether oxygens (including phenoxy) is 1. The molecule has 1 aliphatic rings. The van der Waals surface area contributed by atoms with Gasteiger partial charge in [-0.15, -0.1) is 0 Å². The van der Waals surface area contributed by atoms with E-state index < -0.39 is 0 Å². The Labute approximate surface area is 150 Å². The molecule has 1 aromatic carbocycles. The summed E-state index contributed by atoms with van der Waals surface area (Å²) in [5.41, 5.74) is 2.08. The molecule has 6 nitrogen and oxygen atoms in total. The maximum atomic E-state index is 11.8. The number of carbonyl (C=O) groups is 1. The summed E-state index contributed by atoms with van der Waals surface area (Å²) in [6, 6.07) is 8.33. The van der Waals surface area contributed by atoms with Gasteiger partial charge in [0.15, 0.2) is 5.96 Å². The monoisotopic (exact) mass is 346 g/mol. The molecule has 1 saturated heterocycles. The van der Waals surface area contributed by atoms with Crippen molar-refractivity contribution in [2.24, 2.45) is 4.99 Å². The molecule has 1 heterocycles. The highest BCUT2D eigenvalue weighted by Crippen LogP contribution is 2.15. The molecule has 2 N–H and O–H groups in total. The average molecular weight is 346 g/mol. The molecule has 0 spiro atoms. The van der Waals surface area contributed by atoms with E-state index in [-0.39, 0.29) is 11.5 Å². The van der Waals surface area contributed by atoms with Gasteiger partial charge in [0.2, 0.25) is 5.91 Å². The third-order valence-electron chi connectivity index (χ3n) is 4.45. The zero-order valence-electron chi connectivity index (χ0n) is 15.8. The van der Waals surface area contributed by atoms with Crippen molar-refractivity contribution in [3.63, 3.8) is 0 Å². The summed E-state index contributed by atoms with van der Waals surface area (Å²) in [4.78, 5) is 17.9. The van der Waals surface area contributed by atoms with E-state index in [1.54, 1.807) is 14.2 Å². The van der Waals surface area contributed by atoms with Crippen molar-refractivity contribution in [2.45, 2.75) is 45.4 Å². The summed E-state index contributed by atoms with van der Waals surface area (Å²) in [6.45, 7) is 6.96. The van der Waals surface area contributed by atoms with Gasteiger partial charge in [-0.3, -0.25) is 9.79 Å². The molecule has 1 aromatic rings. The number of aliphatic imine (C=N–C) groups is 1. The molecular weight excluding hydrogens is 316 g/mol. The molecule has 1 amide bonds. The number of nitrogens with zero attached hydrogens (tertiary/aromatic N) is 2. The Hall–Kier alpha value is -2.08. The van der Waals surface area contributed by atoms with Gasteiger partial charge >= 0.3 is 0 Å². The Balaban J connectivity index is 1.87. The average Bonchev–Trinajstić information content (AvgIpc) is 3.00. The van der Waals surface area contributed by atoms with E-state index in [0.29, 0.717) is 26.1 Å². The molecular formula is C19H30N4O2. The number of hydrogen-bond acceptors (Lipinski definition) is 3. The number of methoxy groups -OCH3 is 1. The van der Waals surface area contributed by atoms with Crippen LogP contribution in [0.1, 0.15) is 37.8 Å². The lowest BCUT2D eigenvalue weighted by Crippen LogP contribution is -2.45. The van der Waals surface area contributed by atoms with Crippen LogP contribution >= 0.6 is 0 Å². The van der Waals surface area contributed by atoms with Crippen LogP contribution in [0.3, 0.4) is 0 Å². The van der Waals surface area contributed by atoms with E-state index in [1.165, 1.54) is 0 Å². The maximum Gasteiger partial charge on any atom is 0.222 e. The lowest BCUT2D eigenvalue weighted by atomic mass is 10.1. The van der Waals surface area contributed by atoms with E-state index in [4.69, 9.17) is 4.74 Å². The number of carbonyl (C=O) groups excluding carboxylic acids is 1. The first kappa shape index (κ1) is 19.2. The summed E-state index contributed by atoms with van der Waals surface area (Å²) < 4.78 is 5.41. The van der Waals surface area contributed by atoms with Gasteiger partial charge in [0, 0.05) is 46.8 Å². The molecule has 0 saturated carbocycles. The number of rotatable bonds is 7. The molecule has 2 rings (SSSR count). The number of nitrogens with one attached hydrogen (secondary N) is 2. The fourth-order valence-corrected chi connectivity index (χ4v) is 2.70. The molecule has 1 aliphatic heterocycles. The first-order valence-electron chi connectivity index (χ1n) is 8.79. The van der Waals surface area contributed by atoms with E-state index in [1.807, 2.05) is 24.8 Å². The highest BCUT2D eigenvalue weighted by Gasteiger charge is 2.20. The molecule has 0 unspecified atom stereocenters. The SMILES string of the molecule is CN=C(NCc1cccc(CN2CCCC2=O)c1)NCC(C)(C)OC. The first-order valence-corrected chi connectivity index (χ1v) is 8.79. The zero-order valence-corrected chi connectivity index (χ0v) is 15.8. The molecule has 0 aromatic heterocycles. The fourth-order valence-electron chi connectivity index (χ4n) is 2.70. The Kier molecular flexibility index (Phi) is 6.82. The largest absolute Gasteiger partial charge is 0.377 e. The zero-order chi connectivity index (χ0) is 18.3. The summed E-state index contributed by atoms with van der Waals surface area (Å²) in [6.07, 6.45) is 1.65. The van der Waals surface area contributed by atoms with Crippen LogP contribution in [0.25, 0.3) is 0 Å². The van der Waals surface area contributed by atoms with Gasteiger partial charge in [-0.2, -0.15) is 0 Å². The van der Waals surface area contributed by atoms with Crippen molar-refractivity contribution in [3.05, 3.63) is 35.4 Å². The summed E-state index contributed by atoms with van der Waals surface area (Å²) >= 11 is 0. The number of benzene rings is 1. The van der Waals surface area contributed by atoms with Crippen LogP contribution in [0.4, 0.5) is 0 Å². The van der Waals surface area contributed by atoms with Crippen molar-refractivity contribution in [2.75, 3.05) is 27.2 Å². The Morgan fingerprint density at radius 3 is 2.72 bits per heavy atom. The third kappa shape index (κ3) is 6.05. The van der Waals surface area contributed by atoms with Gasteiger partial charge in [0.25, 0.3) is 0 Å². The molecule has 0 radical (unpaired) electrons. The van der Waals surface area contributed by atoms with Gasteiger partial charge in [-0.05, 0) is 31.4 Å². The summed E-state index contributed by atoms with van der Waals surface area (Å²) in [7, 11) is 3.46. The van der Waals surface area contributed by atoms with Gasteiger partial charge in [-0.25, -0.2) is 0 Å². The Bertz CT molecular complexity index is 613. The number of likely N-dealkylation sites (tertiary alicyclic amines) is 1. The van der Waals surface area contributed by atoms with Gasteiger partial charge in [0.1, 0.15) is 0 Å². The lowest BCUT2D eigenvalue weighted by Gasteiger charge is -2.24. The lowest BCUT2D eigenvalue weighted by molar-refractivity contribution is -0.128. The van der Waals surface area contributed by atoms with Gasteiger partial charge < -0.3 is 20.3 Å². The number of guanidine groups is 1. The molecule has 0 aliphatic carbocycles. The van der Waals surface area contributed by atoms with Crippen LogP contribution in [-0.2, 0) is 22.6 Å².